The molecule has 1 aromatic carbocycles. The molecule has 0 saturated heterocycles. The second-order valence-electron chi connectivity index (χ2n) is 4.06. The first-order valence-electron chi connectivity index (χ1n) is 5.69. The zero-order valence-corrected chi connectivity index (χ0v) is 10.3. The van der Waals surface area contributed by atoms with E-state index in [1.165, 1.54) is 0 Å². The highest BCUT2D eigenvalue weighted by Gasteiger charge is 2.09. The SMILES string of the molecule is Cc1nccc(CNCc2cc(F)c(F)cc2F)n1. The highest BCUT2D eigenvalue weighted by atomic mass is 19.2. The van der Waals surface area contributed by atoms with Crippen LogP contribution in [0.4, 0.5) is 13.2 Å². The van der Waals surface area contributed by atoms with Crippen LogP contribution in [0.25, 0.3) is 0 Å². The van der Waals surface area contributed by atoms with E-state index in [1.54, 1.807) is 19.2 Å². The lowest BCUT2D eigenvalue weighted by molar-refractivity contribution is 0.486. The summed E-state index contributed by atoms with van der Waals surface area (Å²) in [7, 11) is 0. The Kier molecular flexibility index (Phi) is 4.11. The van der Waals surface area contributed by atoms with Crippen molar-refractivity contribution in [1.29, 1.82) is 0 Å². The van der Waals surface area contributed by atoms with Gasteiger partial charge in [-0.25, -0.2) is 23.1 Å². The normalized spacial score (nSPS) is 10.7. The van der Waals surface area contributed by atoms with E-state index in [4.69, 9.17) is 0 Å². The molecule has 0 amide bonds. The van der Waals surface area contributed by atoms with E-state index >= 15 is 0 Å². The summed E-state index contributed by atoms with van der Waals surface area (Å²) in [6.45, 7) is 2.24. The predicted molar refractivity (Wildman–Crippen MR) is 63.6 cm³/mol. The van der Waals surface area contributed by atoms with Gasteiger partial charge in [0, 0.05) is 30.9 Å². The van der Waals surface area contributed by atoms with Crippen LogP contribution < -0.4 is 5.32 Å². The Hall–Kier alpha value is -1.95. The molecule has 0 fully saturated rings. The first-order chi connectivity index (χ1) is 9.06. The molecule has 2 rings (SSSR count). The second kappa shape index (κ2) is 5.79. The van der Waals surface area contributed by atoms with Crippen molar-refractivity contribution in [2.75, 3.05) is 0 Å². The molecule has 0 unspecified atom stereocenters. The summed E-state index contributed by atoms with van der Waals surface area (Å²) in [5.41, 5.74) is 0.820. The van der Waals surface area contributed by atoms with Gasteiger partial charge in [0.25, 0.3) is 0 Å². The van der Waals surface area contributed by atoms with Crippen molar-refractivity contribution < 1.29 is 13.2 Å². The van der Waals surface area contributed by atoms with Crippen LogP contribution >= 0.6 is 0 Å². The Balaban J connectivity index is 1.98. The van der Waals surface area contributed by atoms with Crippen LogP contribution in [0.15, 0.2) is 24.4 Å². The molecule has 3 nitrogen and oxygen atoms in total. The zero-order valence-electron chi connectivity index (χ0n) is 10.3. The molecule has 0 spiro atoms. The molecule has 2 aromatic rings. The third-order valence-electron chi connectivity index (χ3n) is 2.54. The number of hydrogen-bond donors (Lipinski definition) is 1. The van der Waals surface area contributed by atoms with Gasteiger partial charge in [0.2, 0.25) is 0 Å². The minimum absolute atomic E-state index is 0.0738. The van der Waals surface area contributed by atoms with Crippen LogP contribution in [0.2, 0.25) is 0 Å². The molecule has 1 heterocycles. The highest BCUT2D eigenvalue weighted by Crippen LogP contribution is 2.13. The van der Waals surface area contributed by atoms with Gasteiger partial charge in [-0.05, 0) is 19.1 Å². The van der Waals surface area contributed by atoms with Crippen LogP contribution in [0.5, 0.6) is 0 Å². The van der Waals surface area contributed by atoms with Crippen LogP contribution in [-0.4, -0.2) is 9.97 Å². The maximum Gasteiger partial charge on any atom is 0.161 e. The van der Waals surface area contributed by atoms with Crippen molar-refractivity contribution >= 4 is 0 Å². The molecule has 0 saturated carbocycles. The molecule has 1 N–H and O–H groups in total. The lowest BCUT2D eigenvalue weighted by Crippen LogP contribution is -2.15. The Morgan fingerprint density at radius 1 is 1.05 bits per heavy atom. The Labute approximate surface area is 108 Å². The molecule has 1 aromatic heterocycles. The summed E-state index contributed by atoms with van der Waals surface area (Å²) in [5, 5.41) is 2.91. The molecule has 19 heavy (non-hydrogen) atoms. The molecule has 6 heteroatoms. The largest absolute Gasteiger partial charge is 0.307 e. The van der Waals surface area contributed by atoms with Gasteiger partial charge in [0.15, 0.2) is 11.6 Å². The fourth-order valence-corrected chi connectivity index (χ4v) is 1.63. The van der Waals surface area contributed by atoms with Crippen LogP contribution in [0.1, 0.15) is 17.1 Å². The lowest BCUT2D eigenvalue weighted by atomic mass is 10.2. The van der Waals surface area contributed by atoms with E-state index in [2.05, 4.69) is 15.3 Å². The third-order valence-corrected chi connectivity index (χ3v) is 2.54. The average Bonchev–Trinajstić information content (AvgIpc) is 2.35. The number of halogens is 3. The third kappa shape index (κ3) is 3.51. The smallest absolute Gasteiger partial charge is 0.161 e. The van der Waals surface area contributed by atoms with Gasteiger partial charge < -0.3 is 5.32 Å². The summed E-state index contributed by atoms with van der Waals surface area (Å²) in [6.07, 6.45) is 1.62. The van der Waals surface area contributed by atoms with Gasteiger partial charge in [-0.3, -0.25) is 0 Å². The number of aryl methyl sites for hydroxylation is 1. The average molecular weight is 267 g/mol. The minimum atomic E-state index is -1.19. The van der Waals surface area contributed by atoms with E-state index in [9.17, 15) is 13.2 Å². The lowest BCUT2D eigenvalue weighted by Gasteiger charge is -2.06. The molecule has 0 aliphatic heterocycles. The van der Waals surface area contributed by atoms with Crippen molar-refractivity contribution in [3.8, 4) is 0 Å². The maximum atomic E-state index is 13.3. The zero-order chi connectivity index (χ0) is 13.8. The molecular weight excluding hydrogens is 255 g/mol. The molecule has 0 bridgehead atoms. The fourth-order valence-electron chi connectivity index (χ4n) is 1.63. The van der Waals surface area contributed by atoms with Crippen LogP contribution in [0, 0.1) is 24.4 Å². The van der Waals surface area contributed by atoms with Crippen molar-refractivity contribution in [2.24, 2.45) is 0 Å². The number of nitrogens with zero attached hydrogens (tertiary/aromatic N) is 2. The van der Waals surface area contributed by atoms with Crippen molar-refractivity contribution in [3.63, 3.8) is 0 Å². The molecule has 0 aliphatic carbocycles. The number of nitrogens with one attached hydrogen (secondary N) is 1. The van der Waals surface area contributed by atoms with E-state index in [0.29, 0.717) is 18.4 Å². The van der Waals surface area contributed by atoms with E-state index in [1.807, 2.05) is 0 Å². The standard InChI is InChI=1S/C13H12F3N3/c1-8-18-3-2-10(19-8)7-17-6-9-4-12(15)13(16)5-11(9)14/h2-5,17H,6-7H2,1H3. The van der Waals surface area contributed by atoms with Gasteiger partial charge >= 0.3 is 0 Å². The minimum Gasteiger partial charge on any atom is -0.307 e. The van der Waals surface area contributed by atoms with Crippen molar-refractivity contribution in [3.05, 3.63) is 58.9 Å². The van der Waals surface area contributed by atoms with Gasteiger partial charge in [0.05, 0.1) is 5.69 Å². The van der Waals surface area contributed by atoms with Crippen LogP contribution in [0.3, 0.4) is 0 Å². The maximum absolute atomic E-state index is 13.3. The van der Waals surface area contributed by atoms with Crippen molar-refractivity contribution in [1.82, 2.24) is 15.3 Å². The molecule has 100 valence electrons. The molecular formula is C13H12F3N3. The molecule has 0 atom stereocenters. The number of hydrogen-bond acceptors (Lipinski definition) is 3. The fraction of sp³-hybridized carbons (Fsp3) is 0.231. The second-order valence-corrected chi connectivity index (χ2v) is 4.06. The van der Waals surface area contributed by atoms with E-state index < -0.39 is 17.5 Å². The number of benzene rings is 1. The Morgan fingerprint density at radius 2 is 1.79 bits per heavy atom. The monoisotopic (exact) mass is 267 g/mol. The quantitative estimate of drug-likeness (QED) is 0.865. The molecule has 0 radical (unpaired) electrons. The molecule has 0 aliphatic rings. The van der Waals surface area contributed by atoms with Crippen LogP contribution in [-0.2, 0) is 13.1 Å². The highest BCUT2D eigenvalue weighted by molar-refractivity contribution is 5.20. The summed E-state index contributed by atoms with van der Waals surface area (Å²) in [4.78, 5) is 8.11. The summed E-state index contributed by atoms with van der Waals surface area (Å²) < 4.78 is 39.1. The first-order valence-corrected chi connectivity index (χ1v) is 5.69. The number of aromatic nitrogens is 2. The topological polar surface area (TPSA) is 37.8 Å². The number of rotatable bonds is 4. The summed E-state index contributed by atoms with van der Waals surface area (Å²) >= 11 is 0. The van der Waals surface area contributed by atoms with Gasteiger partial charge in [-0.1, -0.05) is 0 Å². The van der Waals surface area contributed by atoms with E-state index in [0.717, 1.165) is 11.8 Å². The summed E-state index contributed by atoms with van der Waals surface area (Å²) in [6, 6.07) is 3.12. The first kappa shape index (κ1) is 13.5. The van der Waals surface area contributed by atoms with Gasteiger partial charge in [-0.15, -0.1) is 0 Å². The van der Waals surface area contributed by atoms with Crippen molar-refractivity contribution in [2.45, 2.75) is 20.0 Å². The Morgan fingerprint density at radius 3 is 2.53 bits per heavy atom. The Bertz CT molecular complexity index is 587. The van der Waals surface area contributed by atoms with E-state index in [-0.39, 0.29) is 12.1 Å². The summed E-state index contributed by atoms with van der Waals surface area (Å²) in [5.74, 6) is -2.38. The van der Waals surface area contributed by atoms with Gasteiger partial charge in [-0.2, -0.15) is 0 Å². The predicted octanol–water partition coefficient (Wildman–Crippen LogP) is 2.49. The van der Waals surface area contributed by atoms with Gasteiger partial charge in [0.1, 0.15) is 11.6 Å².